The van der Waals surface area contributed by atoms with Crippen LogP contribution in [0.5, 0.6) is 11.5 Å². The summed E-state index contributed by atoms with van der Waals surface area (Å²) < 4.78 is 13.2. The fraction of sp³-hybridized carbons (Fsp3) is 0.600. The van der Waals surface area contributed by atoms with Crippen LogP contribution in [0.25, 0.3) is 43.6 Å². The second kappa shape index (κ2) is 21.1. The van der Waals surface area contributed by atoms with Crippen molar-refractivity contribution >= 4 is 43.6 Å². The van der Waals surface area contributed by atoms with Crippen molar-refractivity contribution in [3.63, 3.8) is 0 Å². The maximum atomic E-state index is 6.59. The van der Waals surface area contributed by atoms with Crippen LogP contribution in [0, 0.1) is 35.5 Å². The van der Waals surface area contributed by atoms with E-state index in [1.807, 2.05) is 0 Å². The van der Waals surface area contributed by atoms with E-state index in [1.165, 1.54) is 87.8 Å². The average Bonchev–Trinajstić information content (AvgIpc) is 3.14. The van der Waals surface area contributed by atoms with E-state index in [1.54, 1.807) is 0 Å². The van der Waals surface area contributed by atoms with Gasteiger partial charge in [-0.15, -0.1) is 0 Å². The van der Waals surface area contributed by atoms with E-state index in [-0.39, 0.29) is 0 Å². The van der Waals surface area contributed by atoms with Crippen LogP contribution in [-0.4, -0.2) is 23.2 Å². The topological polar surface area (TPSA) is 44.2 Å². The molecule has 0 radical (unpaired) electrons. The summed E-state index contributed by atoms with van der Waals surface area (Å²) in [6.07, 6.45) is 18.0. The van der Waals surface area contributed by atoms with Gasteiger partial charge >= 0.3 is 0 Å². The monoisotopic (exact) mass is 733 g/mol. The number of rotatable bonds is 24. The summed E-state index contributed by atoms with van der Waals surface area (Å²) >= 11 is 0. The zero-order valence-corrected chi connectivity index (χ0v) is 35.3. The number of fused-ring (bicyclic) bond motifs is 7. The molecule has 1 aromatic heterocycles. The maximum Gasteiger partial charge on any atom is 0.163 e. The predicted molar refractivity (Wildman–Crippen MR) is 234 cm³/mol. The Bertz CT molecular complexity index is 1740. The Morgan fingerprint density at radius 1 is 0.407 bits per heavy atom. The van der Waals surface area contributed by atoms with Gasteiger partial charge in [-0.3, -0.25) is 0 Å². The Kier molecular flexibility index (Phi) is 16.3. The van der Waals surface area contributed by atoms with Crippen molar-refractivity contribution in [2.75, 3.05) is 13.2 Å². The molecule has 4 aromatic carbocycles. The standard InChI is InChI=1S/C50H72N2O2/c1-35(2)17-13-19-37(5)21-15-23-39(7)29-31-53-47-33-45-46(34-48(47)54-32-30-40(8)24-16-22-38(6)20-14-18-36(3)4)52-50-44-28-12-10-26-42(44)41-25-9-11-27-43(41)49(50)51-45/h9-12,25-28,33-40H,13-24,29-32H2,1-8H3. The highest BCUT2D eigenvalue weighted by Crippen LogP contribution is 2.37. The first-order valence-electron chi connectivity index (χ1n) is 21.9. The van der Waals surface area contributed by atoms with Gasteiger partial charge in [0, 0.05) is 22.9 Å². The van der Waals surface area contributed by atoms with Crippen molar-refractivity contribution < 1.29 is 9.47 Å². The molecular weight excluding hydrogens is 661 g/mol. The van der Waals surface area contributed by atoms with Crippen LogP contribution in [0.4, 0.5) is 0 Å². The number of nitrogens with zero attached hydrogens (tertiary/aromatic N) is 2. The van der Waals surface area contributed by atoms with Crippen molar-refractivity contribution in [2.24, 2.45) is 35.5 Å². The molecular formula is C50H72N2O2. The highest BCUT2D eigenvalue weighted by Gasteiger charge is 2.17. The molecule has 5 rings (SSSR count). The lowest BCUT2D eigenvalue weighted by Gasteiger charge is -2.18. The van der Waals surface area contributed by atoms with Crippen molar-refractivity contribution in [1.29, 1.82) is 0 Å². The normalized spacial score (nSPS) is 14.4. The third-order valence-corrected chi connectivity index (χ3v) is 11.9. The highest BCUT2D eigenvalue weighted by atomic mass is 16.5. The summed E-state index contributed by atoms with van der Waals surface area (Å²) in [5.74, 6) is 6.10. The molecule has 0 fully saturated rings. The minimum atomic E-state index is 0.625. The van der Waals surface area contributed by atoms with Gasteiger partial charge in [0.2, 0.25) is 0 Å². The first-order valence-corrected chi connectivity index (χ1v) is 21.9. The number of hydrogen-bond donors (Lipinski definition) is 0. The molecule has 0 saturated carbocycles. The van der Waals surface area contributed by atoms with Crippen LogP contribution in [-0.2, 0) is 0 Å². The molecule has 4 heteroatoms. The number of ether oxygens (including phenoxy) is 2. The molecule has 4 atom stereocenters. The molecule has 0 aliphatic rings. The minimum Gasteiger partial charge on any atom is -0.490 e. The summed E-state index contributed by atoms with van der Waals surface area (Å²) in [6, 6.07) is 21.3. The van der Waals surface area contributed by atoms with Crippen molar-refractivity contribution in [3.8, 4) is 11.5 Å². The van der Waals surface area contributed by atoms with Crippen LogP contribution in [0.3, 0.4) is 0 Å². The summed E-state index contributed by atoms with van der Waals surface area (Å²) in [4.78, 5) is 10.5. The van der Waals surface area contributed by atoms with Gasteiger partial charge in [-0.1, -0.05) is 181 Å². The van der Waals surface area contributed by atoms with E-state index < -0.39 is 0 Å². The van der Waals surface area contributed by atoms with Crippen LogP contribution in [0.2, 0.25) is 0 Å². The van der Waals surface area contributed by atoms with Crippen LogP contribution in [0.15, 0.2) is 60.7 Å². The van der Waals surface area contributed by atoms with E-state index in [4.69, 9.17) is 19.4 Å². The summed E-state index contributed by atoms with van der Waals surface area (Å²) in [7, 11) is 0. The first kappa shape index (κ1) is 41.8. The van der Waals surface area contributed by atoms with Crippen LogP contribution >= 0.6 is 0 Å². The molecule has 4 unspecified atom stereocenters. The van der Waals surface area contributed by atoms with Gasteiger partial charge in [-0.05, 0) is 59.1 Å². The Morgan fingerprint density at radius 3 is 1.07 bits per heavy atom. The number of aromatic nitrogens is 2. The highest BCUT2D eigenvalue weighted by molar-refractivity contribution is 6.23. The van der Waals surface area contributed by atoms with Gasteiger partial charge < -0.3 is 9.47 Å². The Hall–Kier alpha value is -3.40. The van der Waals surface area contributed by atoms with E-state index in [2.05, 4.69) is 116 Å². The van der Waals surface area contributed by atoms with Crippen molar-refractivity contribution in [1.82, 2.24) is 9.97 Å². The minimum absolute atomic E-state index is 0.625. The van der Waals surface area contributed by atoms with Gasteiger partial charge in [0.15, 0.2) is 11.5 Å². The van der Waals surface area contributed by atoms with Gasteiger partial charge in [0.25, 0.3) is 0 Å². The quantitative estimate of drug-likeness (QED) is 0.0468. The third kappa shape index (κ3) is 12.3. The van der Waals surface area contributed by atoms with E-state index >= 15 is 0 Å². The van der Waals surface area contributed by atoms with E-state index in [9.17, 15) is 0 Å². The summed E-state index contributed by atoms with van der Waals surface area (Å²) in [5, 5.41) is 4.68. The smallest absolute Gasteiger partial charge is 0.163 e. The fourth-order valence-corrected chi connectivity index (χ4v) is 8.21. The average molecular weight is 733 g/mol. The van der Waals surface area contributed by atoms with Crippen LogP contribution < -0.4 is 9.47 Å². The lowest BCUT2D eigenvalue weighted by atomic mass is 9.93. The number of hydrogen-bond acceptors (Lipinski definition) is 4. The Balaban J connectivity index is 1.27. The molecule has 0 saturated heterocycles. The molecule has 54 heavy (non-hydrogen) atoms. The molecule has 0 amide bonds. The zero-order chi connectivity index (χ0) is 38.5. The molecule has 0 N–H and O–H groups in total. The van der Waals surface area contributed by atoms with Crippen molar-refractivity contribution in [3.05, 3.63) is 60.7 Å². The zero-order valence-electron chi connectivity index (χ0n) is 35.3. The SMILES string of the molecule is CC(C)CCCC(C)CCCC(C)CCOc1cc2nc3c4ccccc4c4ccccc4c3nc2cc1OCCC(C)CCCC(C)CCCC(C)C. The maximum absolute atomic E-state index is 6.59. The molecule has 294 valence electrons. The van der Waals surface area contributed by atoms with Crippen LogP contribution in [0.1, 0.15) is 145 Å². The second-order valence-corrected chi connectivity index (χ2v) is 18.0. The fourth-order valence-electron chi connectivity index (χ4n) is 8.21. The van der Waals surface area contributed by atoms with Gasteiger partial charge in [0.05, 0.1) is 35.3 Å². The summed E-state index contributed by atoms with van der Waals surface area (Å²) in [6.45, 7) is 20.3. The summed E-state index contributed by atoms with van der Waals surface area (Å²) in [5.41, 5.74) is 3.57. The molecule has 0 aliphatic carbocycles. The first-order chi connectivity index (χ1) is 26.1. The van der Waals surface area contributed by atoms with Crippen molar-refractivity contribution in [2.45, 2.75) is 145 Å². The van der Waals surface area contributed by atoms with E-state index in [0.717, 1.165) is 80.9 Å². The molecule has 0 aliphatic heterocycles. The molecule has 0 bridgehead atoms. The lowest BCUT2D eigenvalue weighted by Crippen LogP contribution is -2.08. The van der Waals surface area contributed by atoms with Gasteiger partial charge in [0.1, 0.15) is 0 Å². The Labute approximate surface area is 328 Å². The van der Waals surface area contributed by atoms with Gasteiger partial charge in [-0.2, -0.15) is 0 Å². The van der Waals surface area contributed by atoms with E-state index in [0.29, 0.717) is 25.0 Å². The second-order valence-electron chi connectivity index (χ2n) is 18.0. The molecule has 0 spiro atoms. The largest absolute Gasteiger partial charge is 0.490 e. The van der Waals surface area contributed by atoms with Gasteiger partial charge in [-0.25, -0.2) is 9.97 Å². The number of benzene rings is 4. The molecule has 4 nitrogen and oxygen atoms in total. The predicted octanol–water partition coefficient (Wildman–Crippen LogP) is 15.2. The lowest BCUT2D eigenvalue weighted by molar-refractivity contribution is 0.237. The molecule has 1 heterocycles. The Morgan fingerprint density at radius 2 is 0.722 bits per heavy atom. The molecule has 5 aromatic rings. The third-order valence-electron chi connectivity index (χ3n) is 11.9.